The molecule has 0 aromatic carbocycles. The van der Waals surface area contributed by atoms with Crippen LogP contribution in [0.2, 0.25) is 0 Å². The Labute approximate surface area is 85.8 Å². The molecule has 0 amide bonds. The molecule has 1 atom stereocenters. The molecule has 3 heteroatoms. The average Bonchev–Trinajstić information content (AvgIpc) is 2.23. The third-order valence-electron chi connectivity index (χ3n) is 3.17. The maximum atomic E-state index is 9.38. The van der Waals surface area contributed by atoms with Crippen molar-refractivity contribution in [3.05, 3.63) is 12.3 Å². The van der Waals surface area contributed by atoms with Gasteiger partial charge in [0.25, 0.3) is 0 Å². The fourth-order valence-corrected chi connectivity index (χ4v) is 2.23. The molecule has 2 rings (SSSR count). The summed E-state index contributed by atoms with van der Waals surface area (Å²) in [4.78, 5) is 2.46. The highest BCUT2D eigenvalue weighted by atomic mass is 16.3. The molecule has 1 saturated heterocycles. The van der Waals surface area contributed by atoms with Crippen LogP contribution in [-0.2, 0) is 0 Å². The van der Waals surface area contributed by atoms with E-state index in [1.807, 2.05) is 0 Å². The molecule has 0 aliphatic carbocycles. The fraction of sp³-hybridized carbons (Fsp3) is 0.818. The number of rotatable bonds is 2. The first kappa shape index (κ1) is 9.99. The van der Waals surface area contributed by atoms with Crippen molar-refractivity contribution in [2.75, 3.05) is 19.6 Å². The highest BCUT2D eigenvalue weighted by Crippen LogP contribution is 2.12. The molecule has 3 nitrogen and oxygen atoms in total. The number of hydrogen-bond acceptors (Lipinski definition) is 3. The smallest absolute Gasteiger partial charge is 0.0564 e. The predicted molar refractivity (Wildman–Crippen MR) is 57.0 cm³/mol. The van der Waals surface area contributed by atoms with Gasteiger partial charge >= 0.3 is 0 Å². The van der Waals surface area contributed by atoms with Crippen LogP contribution >= 0.6 is 0 Å². The summed E-state index contributed by atoms with van der Waals surface area (Å²) in [5.41, 5.74) is 0. The number of nitrogens with one attached hydrogen (secondary N) is 1. The number of allylic oxidation sites excluding steroid dienone is 1. The van der Waals surface area contributed by atoms with Crippen molar-refractivity contribution in [2.24, 2.45) is 0 Å². The topological polar surface area (TPSA) is 35.5 Å². The first-order chi connectivity index (χ1) is 6.84. The monoisotopic (exact) mass is 196 g/mol. The Balaban J connectivity index is 1.72. The van der Waals surface area contributed by atoms with E-state index < -0.39 is 0 Å². The van der Waals surface area contributed by atoms with E-state index in [4.69, 9.17) is 0 Å². The maximum Gasteiger partial charge on any atom is 0.0564 e. The molecule has 0 spiro atoms. The van der Waals surface area contributed by atoms with Crippen molar-refractivity contribution < 1.29 is 5.11 Å². The molecular weight excluding hydrogens is 176 g/mol. The molecular formula is C11H20N2O. The second-order valence-electron chi connectivity index (χ2n) is 4.38. The highest BCUT2D eigenvalue weighted by Gasteiger charge is 2.19. The molecule has 0 aromatic heterocycles. The molecule has 0 bridgehead atoms. The van der Waals surface area contributed by atoms with Crippen molar-refractivity contribution in [3.63, 3.8) is 0 Å². The van der Waals surface area contributed by atoms with Gasteiger partial charge in [0.15, 0.2) is 0 Å². The Hall–Kier alpha value is -0.540. The van der Waals surface area contributed by atoms with Crippen LogP contribution in [0.1, 0.15) is 25.7 Å². The largest absolute Gasteiger partial charge is 0.393 e. The van der Waals surface area contributed by atoms with Gasteiger partial charge in [-0.25, -0.2) is 0 Å². The number of aliphatic hydroxyl groups excluding tert-OH is 1. The summed E-state index contributed by atoms with van der Waals surface area (Å²) < 4.78 is 0. The van der Waals surface area contributed by atoms with Crippen LogP contribution in [0, 0.1) is 0 Å². The number of hydrogen-bond donors (Lipinski definition) is 2. The second kappa shape index (κ2) is 4.80. The third kappa shape index (κ3) is 2.72. The SMILES string of the molecule is OC1CCN(CC2CCC=CN2)CC1. The molecule has 0 radical (unpaired) electrons. The third-order valence-corrected chi connectivity index (χ3v) is 3.17. The lowest BCUT2D eigenvalue weighted by atomic mass is 10.0. The molecule has 1 unspecified atom stereocenters. The predicted octanol–water partition coefficient (Wildman–Crippen LogP) is 0.709. The van der Waals surface area contributed by atoms with E-state index in [1.54, 1.807) is 0 Å². The highest BCUT2D eigenvalue weighted by molar-refractivity contribution is 4.91. The lowest BCUT2D eigenvalue weighted by Gasteiger charge is -2.33. The normalized spacial score (nSPS) is 30.2. The van der Waals surface area contributed by atoms with Gasteiger partial charge in [0.1, 0.15) is 0 Å². The molecule has 2 N–H and O–H groups in total. The van der Waals surface area contributed by atoms with Crippen LogP contribution in [0.5, 0.6) is 0 Å². The van der Waals surface area contributed by atoms with E-state index in [0.717, 1.165) is 32.5 Å². The van der Waals surface area contributed by atoms with Crippen LogP contribution in [-0.4, -0.2) is 41.8 Å². The quantitative estimate of drug-likeness (QED) is 0.683. The Morgan fingerprint density at radius 1 is 1.29 bits per heavy atom. The molecule has 0 saturated carbocycles. The van der Waals surface area contributed by atoms with E-state index in [2.05, 4.69) is 22.5 Å². The molecule has 2 heterocycles. The minimum Gasteiger partial charge on any atom is -0.393 e. The van der Waals surface area contributed by atoms with Crippen molar-refractivity contribution in [1.82, 2.24) is 10.2 Å². The van der Waals surface area contributed by atoms with Gasteiger partial charge in [-0.3, -0.25) is 0 Å². The fourth-order valence-electron chi connectivity index (χ4n) is 2.23. The summed E-state index contributed by atoms with van der Waals surface area (Å²) in [5.74, 6) is 0. The first-order valence-electron chi connectivity index (χ1n) is 5.66. The van der Waals surface area contributed by atoms with Crippen molar-refractivity contribution in [1.29, 1.82) is 0 Å². The van der Waals surface area contributed by atoms with Gasteiger partial charge in [-0.1, -0.05) is 6.08 Å². The zero-order valence-electron chi connectivity index (χ0n) is 8.65. The van der Waals surface area contributed by atoms with Gasteiger partial charge in [0, 0.05) is 25.7 Å². The van der Waals surface area contributed by atoms with Gasteiger partial charge in [0.2, 0.25) is 0 Å². The van der Waals surface area contributed by atoms with Gasteiger partial charge in [-0.05, 0) is 31.9 Å². The van der Waals surface area contributed by atoms with Crippen LogP contribution in [0.25, 0.3) is 0 Å². The minimum atomic E-state index is -0.0505. The van der Waals surface area contributed by atoms with E-state index in [-0.39, 0.29) is 6.10 Å². The van der Waals surface area contributed by atoms with E-state index >= 15 is 0 Å². The summed E-state index contributed by atoms with van der Waals surface area (Å²) in [6.45, 7) is 3.25. The standard InChI is InChI=1S/C11H20N2O/c14-11-4-7-13(8-5-11)9-10-3-1-2-6-12-10/h2,6,10-12,14H,1,3-5,7-9H2. The van der Waals surface area contributed by atoms with Crippen molar-refractivity contribution in [2.45, 2.75) is 37.8 Å². The van der Waals surface area contributed by atoms with Crippen LogP contribution < -0.4 is 5.32 Å². The van der Waals surface area contributed by atoms with Gasteiger partial charge in [-0.2, -0.15) is 0 Å². The number of aliphatic hydroxyl groups is 1. The van der Waals surface area contributed by atoms with Crippen LogP contribution in [0.4, 0.5) is 0 Å². The minimum absolute atomic E-state index is 0.0505. The summed E-state index contributed by atoms with van der Waals surface area (Å²) >= 11 is 0. The molecule has 2 aliphatic rings. The lowest BCUT2D eigenvalue weighted by Crippen LogP contribution is -2.44. The van der Waals surface area contributed by atoms with E-state index in [9.17, 15) is 5.11 Å². The Morgan fingerprint density at radius 2 is 2.07 bits per heavy atom. The Kier molecular flexibility index (Phi) is 3.43. The number of piperidine rings is 1. The second-order valence-corrected chi connectivity index (χ2v) is 4.38. The summed E-state index contributed by atoms with van der Waals surface area (Å²) in [7, 11) is 0. The van der Waals surface area contributed by atoms with Crippen LogP contribution in [0.15, 0.2) is 12.3 Å². The van der Waals surface area contributed by atoms with E-state index in [1.165, 1.54) is 12.8 Å². The van der Waals surface area contributed by atoms with E-state index in [0.29, 0.717) is 6.04 Å². The zero-order valence-corrected chi connectivity index (χ0v) is 8.65. The number of nitrogens with zero attached hydrogens (tertiary/aromatic N) is 1. The van der Waals surface area contributed by atoms with Gasteiger partial charge < -0.3 is 15.3 Å². The molecule has 1 fully saturated rings. The lowest BCUT2D eigenvalue weighted by molar-refractivity contribution is 0.0778. The van der Waals surface area contributed by atoms with Crippen molar-refractivity contribution >= 4 is 0 Å². The average molecular weight is 196 g/mol. The summed E-state index contributed by atoms with van der Waals surface area (Å²) in [5, 5.41) is 12.8. The van der Waals surface area contributed by atoms with Crippen molar-refractivity contribution in [3.8, 4) is 0 Å². The first-order valence-corrected chi connectivity index (χ1v) is 5.66. The maximum absolute atomic E-state index is 9.38. The summed E-state index contributed by atoms with van der Waals surface area (Å²) in [6, 6.07) is 0.621. The Morgan fingerprint density at radius 3 is 2.71 bits per heavy atom. The molecule has 2 aliphatic heterocycles. The molecule has 14 heavy (non-hydrogen) atoms. The molecule has 0 aromatic rings. The van der Waals surface area contributed by atoms with Gasteiger partial charge in [-0.15, -0.1) is 0 Å². The summed E-state index contributed by atoms with van der Waals surface area (Å²) in [6.07, 6.45) is 8.56. The van der Waals surface area contributed by atoms with Gasteiger partial charge in [0.05, 0.1) is 6.10 Å². The molecule has 80 valence electrons. The zero-order chi connectivity index (χ0) is 9.80. The Bertz CT molecular complexity index is 197. The van der Waals surface area contributed by atoms with Crippen LogP contribution in [0.3, 0.4) is 0 Å². The number of likely N-dealkylation sites (tertiary alicyclic amines) is 1.